The van der Waals surface area contributed by atoms with E-state index >= 15 is 0 Å². The summed E-state index contributed by atoms with van der Waals surface area (Å²) in [5, 5.41) is 8.64. The Hall–Kier alpha value is -2.30. The molecule has 0 aliphatic carbocycles. The highest BCUT2D eigenvalue weighted by atomic mass is 16.6. The highest BCUT2D eigenvalue weighted by Crippen LogP contribution is 2.04. The van der Waals surface area contributed by atoms with Gasteiger partial charge in [0.15, 0.2) is 0 Å². The Labute approximate surface area is 111 Å². The van der Waals surface area contributed by atoms with Gasteiger partial charge in [-0.2, -0.15) is 0 Å². The second-order valence-electron chi connectivity index (χ2n) is 3.99. The lowest BCUT2D eigenvalue weighted by Crippen LogP contribution is -2.22. The molecule has 1 unspecified atom stereocenters. The van der Waals surface area contributed by atoms with Gasteiger partial charge in [-0.25, -0.2) is 9.59 Å². The maximum Gasteiger partial charge on any atom is 0.338 e. The predicted octanol–water partition coefficient (Wildman–Crippen LogP) is 2.24. The molecule has 1 rings (SSSR count). The number of aliphatic hydroxyl groups is 1. The molecule has 0 radical (unpaired) electrons. The highest BCUT2D eigenvalue weighted by Gasteiger charge is 2.14. The lowest BCUT2D eigenvalue weighted by Gasteiger charge is -2.13. The number of hydrogen-bond donors (Lipinski definition) is 1. The molecule has 0 spiro atoms. The number of benzene rings is 1. The van der Waals surface area contributed by atoms with Crippen LogP contribution in [-0.4, -0.2) is 29.8 Å². The molecule has 1 aromatic carbocycles. The van der Waals surface area contributed by atoms with Crippen LogP contribution in [0.5, 0.6) is 0 Å². The summed E-state index contributed by atoms with van der Waals surface area (Å²) in [5.74, 6) is -1.12. The van der Waals surface area contributed by atoms with E-state index in [4.69, 9.17) is 14.6 Å². The number of esters is 2. The van der Waals surface area contributed by atoms with Crippen LogP contribution in [-0.2, 0) is 14.3 Å². The van der Waals surface area contributed by atoms with E-state index in [-0.39, 0.29) is 12.2 Å². The quantitative estimate of drug-likeness (QED) is 0.501. The van der Waals surface area contributed by atoms with E-state index in [1.807, 2.05) is 0 Å². The fourth-order valence-corrected chi connectivity index (χ4v) is 1.21. The van der Waals surface area contributed by atoms with Gasteiger partial charge in [0.05, 0.1) is 17.4 Å². The summed E-state index contributed by atoms with van der Waals surface area (Å²) in [6, 6.07) is 8.53. The van der Waals surface area contributed by atoms with E-state index in [1.165, 1.54) is 6.92 Å². The van der Waals surface area contributed by atoms with Crippen molar-refractivity contribution in [2.24, 2.45) is 0 Å². The number of aliphatic hydroxyl groups excluding tert-OH is 1. The minimum atomic E-state index is -0.647. The van der Waals surface area contributed by atoms with Gasteiger partial charge in [0, 0.05) is 0 Å². The SMILES string of the molecule is C/C(=C\O)C(=O)OC(C)COC(=O)c1ccccc1. The molecule has 0 fully saturated rings. The zero-order valence-electron chi connectivity index (χ0n) is 10.8. The first-order chi connectivity index (χ1) is 9.04. The van der Waals surface area contributed by atoms with Gasteiger partial charge in [0.25, 0.3) is 0 Å². The van der Waals surface area contributed by atoms with Gasteiger partial charge < -0.3 is 14.6 Å². The first kappa shape index (κ1) is 14.8. The predicted molar refractivity (Wildman–Crippen MR) is 68.7 cm³/mol. The molecule has 1 atom stereocenters. The van der Waals surface area contributed by atoms with Crippen LogP contribution in [0.4, 0.5) is 0 Å². The molecule has 5 heteroatoms. The number of ether oxygens (including phenoxy) is 2. The Morgan fingerprint density at radius 1 is 1.32 bits per heavy atom. The van der Waals surface area contributed by atoms with Gasteiger partial charge >= 0.3 is 11.9 Å². The third-order valence-corrected chi connectivity index (χ3v) is 2.28. The van der Waals surface area contributed by atoms with Crippen molar-refractivity contribution in [1.29, 1.82) is 0 Å². The summed E-state index contributed by atoms with van der Waals surface area (Å²) in [6.45, 7) is 2.98. The van der Waals surface area contributed by atoms with Crippen molar-refractivity contribution >= 4 is 11.9 Å². The van der Waals surface area contributed by atoms with Gasteiger partial charge in [-0.15, -0.1) is 0 Å². The summed E-state index contributed by atoms with van der Waals surface area (Å²) in [6.07, 6.45) is 0.0838. The largest absolute Gasteiger partial charge is 0.515 e. The van der Waals surface area contributed by atoms with E-state index in [1.54, 1.807) is 37.3 Å². The van der Waals surface area contributed by atoms with Gasteiger partial charge in [-0.1, -0.05) is 18.2 Å². The van der Waals surface area contributed by atoms with Gasteiger partial charge in [0.1, 0.15) is 12.7 Å². The van der Waals surface area contributed by atoms with Gasteiger partial charge in [0.2, 0.25) is 0 Å². The Kier molecular flexibility index (Phi) is 5.60. The summed E-state index contributed by atoms with van der Waals surface area (Å²) in [7, 11) is 0. The van der Waals surface area contributed by atoms with Crippen molar-refractivity contribution in [3.8, 4) is 0 Å². The van der Waals surface area contributed by atoms with Crippen LogP contribution in [0.25, 0.3) is 0 Å². The topological polar surface area (TPSA) is 72.8 Å². The summed E-state index contributed by atoms with van der Waals surface area (Å²) in [4.78, 5) is 22.9. The van der Waals surface area contributed by atoms with E-state index in [9.17, 15) is 9.59 Å². The number of carbonyl (C=O) groups is 2. The Morgan fingerprint density at radius 2 is 1.95 bits per heavy atom. The Bertz CT molecular complexity index is 464. The normalized spacial score (nSPS) is 12.6. The molecule has 1 aromatic rings. The molecule has 102 valence electrons. The van der Waals surface area contributed by atoms with Crippen LogP contribution >= 0.6 is 0 Å². The van der Waals surface area contributed by atoms with Crippen molar-refractivity contribution < 1.29 is 24.2 Å². The third kappa shape index (κ3) is 4.83. The molecular formula is C14H16O5. The smallest absolute Gasteiger partial charge is 0.338 e. The van der Waals surface area contributed by atoms with Crippen LogP contribution in [0, 0.1) is 0 Å². The van der Waals surface area contributed by atoms with Crippen molar-refractivity contribution in [2.75, 3.05) is 6.61 Å². The zero-order chi connectivity index (χ0) is 14.3. The molecule has 0 bridgehead atoms. The van der Waals surface area contributed by atoms with Crippen LogP contribution < -0.4 is 0 Å². The molecule has 0 amide bonds. The lowest BCUT2D eigenvalue weighted by atomic mass is 10.2. The minimum absolute atomic E-state index is 0.0435. The second kappa shape index (κ2) is 7.20. The third-order valence-electron chi connectivity index (χ3n) is 2.28. The van der Waals surface area contributed by atoms with E-state index < -0.39 is 18.0 Å². The molecule has 19 heavy (non-hydrogen) atoms. The lowest BCUT2D eigenvalue weighted by molar-refractivity contribution is -0.145. The van der Waals surface area contributed by atoms with Crippen molar-refractivity contribution in [3.63, 3.8) is 0 Å². The molecule has 1 N–H and O–H groups in total. The summed E-state index contributed by atoms with van der Waals surface area (Å²) >= 11 is 0. The molecule has 0 aliphatic rings. The van der Waals surface area contributed by atoms with Crippen LogP contribution in [0.2, 0.25) is 0 Å². The van der Waals surface area contributed by atoms with Crippen molar-refractivity contribution in [1.82, 2.24) is 0 Å². The van der Waals surface area contributed by atoms with E-state index in [0.29, 0.717) is 11.8 Å². The average Bonchev–Trinajstić information content (AvgIpc) is 2.44. The molecule has 0 aromatic heterocycles. The van der Waals surface area contributed by atoms with Crippen LogP contribution in [0.15, 0.2) is 42.2 Å². The standard InChI is InChI=1S/C14H16O5/c1-10(8-15)13(16)19-11(2)9-18-14(17)12-6-4-3-5-7-12/h3-8,11,15H,9H2,1-2H3/b10-8+. The zero-order valence-corrected chi connectivity index (χ0v) is 10.8. The fraction of sp³-hybridized carbons (Fsp3) is 0.286. The molecule has 0 saturated carbocycles. The first-order valence-corrected chi connectivity index (χ1v) is 5.78. The Balaban J connectivity index is 2.41. The molecular weight excluding hydrogens is 248 g/mol. The Morgan fingerprint density at radius 3 is 2.53 bits per heavy atom. The maximum atomic E-state index is 11.6. The highest BCUT2D eigenvalue weighted by molar-refractivity contribution is 5.89. The maximum absolute atomic E-state index is 11.6. The second-order valence-corrected chi connectivity index (χ2v) is 3.99. The average molecular weight is 264 g/mol. The van der Waals surface area contributed by atoms with Crippen molar-refractivity contribution in [3.05, 3.63) is 47.7 Å². The minimum Gasteiger partial charge on any atom is -0.515 e. The molecule has 5 nitrogen and oxygen atoms in total. The summed E-state index contributed by atoms with van der Waals surface area (Å²) in [5.41, 5.74) is 0.522. The summed E-state index contributed by atoms with van der Waals surface area (Å²) < 4.78 is 9.95. The number of hydrogen-bond acceptors (Lipinski definition) is 5. The van der Waals surface area contributed by atoms with Crippen LogP contribution in [0.3, 0.4) is 0 Å². The van der Waals surface area contributed by atoms with Gasteiger partial charge in [-0.05, 0) is 26.0 Å². The molecule has 0 aliphatic heterocycles. The number of carbonyl (C=O) groups excluding carboxylic acids is 2. The van der Waals surface area contributed by atoms with Gasteiger partial charge in [-0.3, -0.25) is 0 Å². The number of rotatable bonds is 5. The van der Waals surface area contributed by atoms with E-state index in [2.05, 4.69) is 0 Å². The molecule has 0 heterocycles. The molecule has 0 saturated heterocycles. The monoisotopic (exact) mass is 264 g/mol. The van der Waals surface area contributed by atoms with Crippen LogP contribution in [0.1, 0.15) is 24.2 Å². The first-order valence-electron chi connectivity index (χ1n) is 5.78. The van der Waals surface area contributed by atoms with E-state index in [0.717, 1.165) is 0 Å². The fourth-order valence-electron chi connectivity index (χ4n) is 1.21. The van der Waals surface area contributed by atoms with Crippen molar-refractivity contribution in [2.45, 2.75) is 20.0 Å².